The first-order valence-electron chi connectivity index (χ1n) is 9.59. The molecular weight excluding hydrogens is 360 g/mol. The van der Waals surface area contributed by atoms with Crippen molar-refractivity contribution >= 4 is 17.0 Å². The number of aromatic amines is 1. The van der Waals surface area contributed by atoms with E-state index in [4.69, 9.17) is 5.11 Å². The van der Waals surface area contributed by atoms with Crippen LogP contribution in [0.2, 0.25) is 0 Å². The van der Waals surface area contributed by atoms with Gasteiger partial charge in [0.05, 0.1) is 11.0 Å². The minimum Gasteiger partial charge on any atom is -0.481 e. The van der Waals surface area contributed by atoms with Crippen LogP contribution in [0.1, 0.15) is 51.5 Å². The third-order valence-corrected chi connectivity index (χ3v) is 4.29. The number of H-pyrrole nitrogens is 1. The second-order valence-electron chi connectivity index (χ2n) is 6.36. The number of carboxylic acids is 1. The van der Waals surface area contributed by atoms with Gasteiger partial charge >= 0.3 is 11.7 Å². The fraction of sp³-hybridized carbons (Fsp3) is 0.450. The molecule has 0 bridgehead atoms. The van der Waals surface area contributed by atoms with Gasteiger partial charge in [-0.1, -0.05) is 32.8 Å². The lowest BCUT2D eigenvalue weighted by Crippen LogP contribution is -2.28. The van der Waals surface area contributed by atoms with Gasteiger partial charge in [0.2, 0.25) is 0 Å². The van der Waals surface area contributed by atoms with Crippen molar-refractivity contribution in [3.63, 3.8) is 0 Å². The molecule has 1 aromatic rings. The summed E-state index contributed by atoms with van der Waals surface area (Å²) in [5.74, 6) is -0.507. The molecule has 2 aliphatic rings. The summed E-state index contributed by atoms with van der Waals surface area (Å²) in [4.78, 5) is 44.9. The average molecular weight is 386 g/mol. The number of carbonyl (C=O) groups is 1. The van der Waals surface area contributed by atoms with Crippen molar-refractivity contribution in [1.82, 2.24) is 19.5 Å². The van der Waals surface area contributed by atoms with E-state index in [0.717, 1.165) is 30.3 Å². The lowest BCUT2D eigenvalue weighted by Gasteiger charge is -2.16. The molecule has 0 aliphatic carbocycles. The van der Waals surface area contributed by atoms with Gasteiger partial charge in [0.1, 0.15) is 0 Å². The molecule has 0 atom stereocenters. The Hall–Kier alpha value is -3.03. The molecule has 0 radical (unpaired) electrons. The van der Waals surface area contributed by atoms with E-state index in [1.54, 1.807) is 0 Å². The van der Waals surface area contributed by atoms with Gasteiger partial charge in [0, 0.05) is 13.0 Å². The zero-order valence-corrected chi connectivity index (χ0v) is 16.5. The van der Waals surface area contributed by atoms with Crippen LogP contribution in [-0.4, -0.2) is 30.6 Å². The van der Waals surface area contributed by atoms with E-state index in [1.165, 1.54) is 0 Å². The van der Waals surface area contributed by atoms with Crippen molar-refractivity contribution in [1.29, 1.82) is 0 Å². The summed E-state index contributed by atoms with van der Waals surface area (Å²) < 4.78 is 1.85. The van der Waals surface area contributed by atoms with Crippen molar-refractivity contribution in [3.05, 3.63) is 44.6 Å². The predicted molar refractivity (Wildman–Crippen MR) is 108 cm³/mol. The van der Waals surface area contributed by atoms with Gasteiger partial charge in [-0.2, -0.15) is 4.98 Å². The molecule has 0 amide bonds. The molecule has 0 fully saturated rings. The van der Waals surface area contributed by atoms with Crippen LogP contribution in [0.25, 0.3) is 22.6 Å². The highest BCUT2D eigenvalue weighted by atomic mass is 16.4. The van der Waals surface area contributed by atoms with Crippen LogP contribution in [0.5, 0.6) is 0 Å². The maximum Gasteiger partial charge on any atom is 0.349 e. The Kier molecular flexibility index (Phi) is 7.43. The van der Waals surface area contributed by atoms with Gasteiger partial charge in [0.15, 0.2) is 11.5 Å². The minimum atomic E-state index is -0.785. The van der Waals surface area contributed by atoms with Crippen molar-refractivity contribution in [2.45, 2.75) is 59.4 Å². The molecule has 28 heavy (non-hydrogen) atoms. The Morgan fingerprint density at radius 3 is 2.54 bits per heavy atom. The van der Waals surface area contributed by atoms with Gasteiger partial charge in [0.25, 0.3) is 5.56 Å². The van der Waals surface area contributed by atoms with Gasteiger partial charge in [-0.05, 0) is 37.5 Å². The molecule has 2 N–H and O–H groups in total. The second-order valence-corrected chi connectivity index (χ2v) is 6.36. The highest BCUT2D eigenvalue weighted by Crippen LogP contribution is 2.22. The number of rotatable bonds is 7. The SMILES string of the molecule is CC.Cc1ccc2c(c1)nc1c(=O)[nH]c(=O)nc-1n2CCCCCCC(=O)O. The van der Waals surface area contributed by atoms with E-state index in [-0.39, 0.29) is 17.9 Å². The van der Waals surface area contributed by atoms with E-state index < -0.39 is 17.2 Å². The smallest absolute Gasteiger partial charge is 0.349 e. The van der Waals surface area contributed by atoms with E-state index in [9.17, 15) is 14.4 Å². The molecular formula is C20H26N4O4. The van der Waals surface area contributed by atoms with E-state index >= 15 is 0 Å². The standard InChI is InChI=1S/C18H20N4O4.C2H6/c1-11-7-8-13-12(10-11)19-15-16(20-18(26)21-17(15)25)22(13)9-5-3-2-4-6-14(23)24;1-2/h7-8,10H,2-6,9H2,1H3,(H,23,24)(H,21,25,26);1-2H3. The van der Waals surface area contributed by atoms with Gasteiger partial charge in [-0.15, -0.1) is 0 Å². The average Bonchev–Trinajstić information content (AvgIpc) is 2.65. The van der Waals surface area contributed by atoms with Crippen LogP contribution in [0.15, 0.2) is 27.8 Å². The number of carboxylic acid groups (broad SMARTS) is 1. The first kappa shape index (κ1) is 21.3. The lowest BCUT2D eigenvalue weighted by atomic mass is 10.1. The van der Waals surface area contributed by atoms with Crippen LogP contribution in [0.4, 0.5) is 0 Å². The van der Waals surface area contributed by atoms with Crippen molar-refractivity contribution in [3.8, 4) is 11.5 Å². The monoisotopic (exact) mass is 386 g/mol. The molecule has 0 saturated carbocycles. The first-order chi connectivity index (χ1) is 13.5. The molecule has 0 spiro atoms. The molecule has 8 nitrogen and oxygen atoms in total. The van der Waals surface area contributed by atoms with Gasteiger partial charge < -0.3 is 9.67 Å². The number of aromatic nitrogens is 4. The fourth-order valence-electron chi connectivity index (χ4n) is 3.04. The Balaban J connectivity index is 0.00000136. The van der Waals surface area contributed by atoms with Crippen molar-refractivity contribution in [2.75, 3.05) is 0 Å². The molecule has 0 saturated heterocycles. The molecule has 0 unspecified atom stereocenters. The largest absolute Gasteiger partial charge is 0.481 e. The summed E-state index contributed by atoms with van der Waals surface area (Å²) in [5, 5.41) is 8.68. The third-order valence-electron chi connectivity index (χ3n) is 4.29. The Bertz CT molecular complexity index is 1040. The highest BCUT2D eigenvalue weighted by molar-refractivity contribution is 5.79. The normalized spacial score (nSPS) is 10.7. The summed E-state index contributed by atoms with van der Waals surface area (Å²) in [7, 11) is 0. The van der Waals surface area contributed by atoms with Gasteiger partial charge in [-0.25, -0.2) is 9.78 Å². The van der Waals surface area contributed by atoms with Crippen molar-refractivity contribution in [2.24, 2.45) is 0 Å². The number of aliphatic carboxylic acids is 1. The number of nitrogens with one attached hydrogen (secondary N) is 1. The van der Waals surface area contributed by atoms with Crippen LogP contribution < -0.4 is 11.2 Å². The van der Waals surface area contributed by atoms with E-state index in [2.05, 4.69) is 15.0 Å². The number of unbranched alkanes of at least 4 members (excludes halogenated alkanes) is 3. The number of hydrogen-bond donors (Lipinski definition) is 2. The number of nitrogens with zero attached hydrogens (tertiary/aromatic N) is 3. The van der Waals surface area contributed by atoms with E-state index in [0.29, 0.717) is 18.5 Å². The van der Waals surface area contributed by atoms with Crippen LogP contribution in [0, 0.1) is 6.92 Å². The maximum atomic E-state index is 12.1. The third kappa shape index (κ3) is 5.03. The topological polar surface area (TPSA) is 118 Å². The summed E-state index contributed by atoms with van der Waals surface area (Å²) in [5.41, 5.74) is 1.42. The first-order valence-corrected chi connectivity index (χ1v) is 9.59. The Morgan fingerprint density at radius 1 is 1.11 bits per heavy atom. The summed E-state index contributed by atoms with van der Waals surface area (Å²) >= 11 is 0. The molecule has 0 aromatic heterocycles. The molecule has 3 rings (SSSR count). The number of benzene rings is 1. The molecule has 8 heteroatoms. The molecule has 1 aromatic carbocycles. The molecule has 150 valence electrons. The van der Waals surface area contributed by atoms with Crippen LogP contribution in [0.3, 0.4) is 0 Å². The Labute approximate surface area is 162 Å². The minimum absolute atomic E-state index is 0.147. The molecule has 2 aliphatic heterocycles. The highest BCUT2D eigenvalue weighted by Gasteiger charge is 2.18. The summed E-state index contributed by atoms with van der Waals surface area (Å²) in [6.45, 7) is 6.52. The number of hydrogen-bond acceptors (Lipinski definition) is 5. The predicted octanol–water partition coefficient (Wildman–Crippen LogP) is 2.95. The Morgan fingerprint density at radius 2 is 1.82 bits per heavy atom. The quantitative estimate of drug-likeness (QED) is 0.476. The van der Waals surface area contributed by atoms with Crippen molar-refractivity contribution < 1.29 is 9.90 Å². The maximum absolute atomic E-state index is 12.1. The zero-order chi connectivity index (χ0) is 20.7. The number of fused-ring (bicyclic) bond motifs is 2. The number of aryl methyl sites for hydroxylation is 2. The second kappa shape index (κ2) is 9.77. The fourth-order valence-corrected chi connectivity index (χ4v) is 3.04. The van der Waals surface area contributed by atoms with Gasteiger partial charge in [-0.3, -0.25) is 14.6 Å². The van der Waals surface area contributed by atoms with E-state index in [1.807, 2.05) is 43.5 Å². The lowest BCUT2D eigenvalue weighted by molar-refractivity contribution is -0.137. The molecule has 2 heterocycles. The van der Waals surface area contributed by atoms with Crippen LogP contribution >= 0.6 is 0 Å². The summed E-state index contributed by atoms with van der Waals surface area (Å²) in [6.07, 6.45) is 3.26. The van der Waals surface area contributed by atoms with Crippen LogP contribution in [-0.2, 0) is 11.3 Å². The zero-order valence-electron chi connectivity index (χ0n) is 16.5. The summed E-state index contributed by atoms with van der Waals surface area (Å²) in [6, 6.07) is 5.75.